The van der Waals surface area contributed by atoms with Crippen molar-refractivity contribution in [2.24, 2.45) is 5.92 Å². The summed E-state index contributed by atoms with van der Waals surface area (Å²) in [4.78, 5) is 1.50. The Kier molecular flexibility index (Phi) is 7.62. The molecular weight excluding hydrogens is 290 g/mol. The minimum atomic E-state index is -3.08. The fourth-order valence-electron chi connectivity index (χ4n) is 1.78. The Balaban J connectivity index is 2.20. The molecule has 0 aliphatic rings. The van der Waals surface area contributed by atoms with Gasteiger partial charge in [0.05, 0.1) is 4.90 Å². The van der Waals surface area contributed by atoms with E-state index in [-0.39, 0.29) is 0 Å². The van der Waals surface area contributed by atoms with Gasteiger partial charge in [-0.25, -0.2) is 8.42 Å². The Morgan fingerprint density at radius 1 is 1.15 bits per heavy atom. The first-order valence-corrected chi connectivity index (χ1v) is 9.91. The normalized spacial score (nSPS) is 12.0. The fraction of sp³-hybridized carbons (Fsp3) is 0.600. The van der Waals surface area contributed by atoms with E-state index in [0.29, 0.717) is 4.90 Å². The van der Waals surface area contributed by atoms with Crippen molar-refractivity contribution >= 4 is 21.6 Å². The van der Waals surface area contributed by atoms with Crippen LogP contribution in [-0.2, 0) is 9.84 Å². The molecule has 0 bridgehead atoms. The van der Waals surface area contributed by atoms with Crippen molar-refractivity contribution in [3.63, 3.8) is 0 Å². The second-order valence-corrected chi connectivity index (χ2v) is 8.56. The Hall–Kier alpha value is -0.520. The monoisotopic (exact) mass is 315 g/mol. The highest BCUT2D eigenvalue weighted by Gasteiger charge is 2.05. The van der Waals surface area contributed by atoms with Crippen LogP contribution in [0.1, 0.15) is 26.7 Å². The predicted octanol–water partition coefficient (Wildman–Crippen LogP) is 3.21. The summed E-state index contributed by atoms with van der Waals surface area (Å²) in [5.74, 6) is 1.78. The number of hydrogen-bond acceptors (Lipinski definition) is 4. The maximum atomic E-state index is 11.3. The summed E-state index contributed by atoms with van der Waals surface area (Å²) in [5.41, 5.74) is 0. The third-order valence-electron chi connectivity index (χ3n) is 2.93. The lowest BCUT2D eigenvalue weighted by atomic mass is 10.1. The lowest BCUT2D eigenvalue weighted by Gasteiger charge is -2.07. The molecule has 114 valence electrons. The van der Waals surface area contributed by atoms with E-state index in [2.05, 4.69) is 19.2 Å². The topological polar surface area (TPSA) is 46.2 Å². The Bertz CT molecular complexity index is 481. The van der Waals surface area contributed by atoms with Gasteiger partial charge in [-0.05, 0) is 49.6 Å². The molecule has 0 atom stereocenters. The lowest BCUT2D eigenvalue weighted by Crippen LogP contribution is -2.18. The first kappa shape index (κ1) is 17.5. The third kappa shape index (κ3) is 7.31. The molecule has 0 saturated heterocycles. The summed E-state index contributed by atoms with van der Waals surface area (Å²) in [5, 5.41) is 3.43. The van der Waals surface area contributed by atoms with Gasteiger partial charge >= 0.3 is 0 Å². The molecule has 1 aromatic rings. The number of hydrogen-bond donors (Lipinski definition) is 1. The molecule has 1 aromatic carbocycles. The number of thioether (sulfide) groups is 1. The fourth-order valence-corrected chi connectivity index (χ4v) is 3.23. The predicted molar refractivity (Wildman–Crippen MR) is 87.2 cm³/mol. The van der Waals surface area contributed by atoms with Gasteiger partial charge in [0.25, 0.3) is 0 Å². The van der Waals surface area contributed by atoms with Gasteiger partial charge in [0.2, 0.25) is 0 Å². The van der Waals surface area contributed by atoms with Gasteiger partial charge in [-0.15, -0.1) is 11.8 Å². The van der Waals surface area contributed by atoms with Gasteiger partial charge in [0, 0.05) is 23.4 Å². The number of nitrogens with one attached hydrogen (secondary N) is 1. The van der Waals surface area contributed by atoms with Gasteiger partial charge in [0.15, 0.2) is 9.84 Å². The second-order valence-electron chi connectivity index (χ2n) is 5.38. The SMILES string of the molecule is CC(C)CCCNCCSc1ccc(S(C)(=O)=O)cc1. The van der Waals surface area contributed by atoms with E-state index in [1.165, 1.54) is 19.1 Å². The van der Waals surface area contributed by atoms with Crippen LogP contribution in [0.5, 0.6) is 0 Å². The van der Waals surface area contributed by atoms with Crippen molar-refractivity contribution in [3.05, 3.63) is 24.3 Å². The third-order valence-corrected chi connectivity index (χ3v) is 5.08. The Morgan fingerprint density at radius 3 is 2.35 bits per heavy atom. The molecule has 0 saturated carbocycles. The van der Waals surface area contributed by atoms with E-state index in [4.69, 9.17) is 0 Å². The molecular formula is C15H25NO2S2. The van der Waals surface area contributed by atoms with E-state index < -0.39 is 9.84 Å². The molecule has 0 heterocycles. The first-order valence-electron chi connectivity index (χ1n) is 7.03. The van der Waals surface area contributed by atoms with Crippen molar-refractivity contribution in [1.82, 2.24) is 5.32 Å². The summed E-state index contributed by atoms with van der Waals surface area (Å²) in [6, 6.07) is 7.10. The van der Waals surface area contributed by atoms with Gasteiger partial charge in [-0.2, -0.15) is 0 Å². The summed E-state index contributed by atoms with van der Waals surface area (Å²) >= 11 is 1.75. The molecule has 0 radical (unpaired) electrons. The van der Waals surface area contributed by atoms with E-state index in [9.17, 15) is 8.42 Å². The highest BCUT2D eigenvalue weighted by molar-refractivity contribution is 7.99. The standard InChI is InChI=1S/C15H25NO2S2/c1-13(2)5-4-10-16-11-12-19-14-6-8-15(9-7-14)20(3,17)18/h6-9,13,16H,4-5,10-12H2,1-3H3. The molecule has 0 aromatic heterocycles. The molecule has 0 aliphatic carbocycles. The second kappa shape index (κ2) is 8.70. The maximum Gasteiger partial charge on any atom is 0.175 e. The van der Waals surface area contributed by atoms with Gasteiger partial charge in [-0.3, -0.25) is 0 Å². The Morgan fingerprint density at radius 2 is 1.80 bits per heavy atom. The zero-order valence-corrected chi connectivity index (χ0v) is 14.2. The van der Waals surface area contributed by atoms with Crippen LogP contribution in [0.15, 0.2) is 34.1 Å². The van der Waals surface area contributed by atoms with E-state index >= 15 is 0 Å². The van der Waals surface area contributed by atoms with Crippen LogP contribution >= 0.6 is 11.8 Å². The molecule has 1 rings (SSSR count). The molecule has 3 nitrogen and oxygen atoms in total. The molecule has 0 aliphatic heterocycles. The molecule has 20 heavy (non-hydrogen) atoms. The molecule has 0 amide bonds. The van der Waals surface area contributed by atoms with Crippen LogP contribution in [0, 0.1) is 5.92 Å². The minimum absolute atomic E-state index is 0.383. The van der Waals surface area contributed by atoms with Gasteiger partial charge in [-0.1, -0.05) is 13.8 Å². The van der Waals surface area contributed by atoms with E-state index in [1.54, 1.807) is 23.9 Å². The maximum absolute atomic E-state index is 11.3. The van der Waals surface area contributed by atoms with Gasteiger partial charge < -0.3 is 5.32 Å². The highest BCUT2D eigenvalue weighted by atomic mass is 32.2. The van der Waals surface area contributed by atoms with Gasteiger partial charge in [0.1, 0.15) is 0 Å². The molecule has 0 fully saturated rings. The quantitative estimate of drug-likeness (QED) is 0.561. The van der Waals surface area contributed by atoms with Crippen LogP contribution < -0.4 is 5.32 Å². The number of benzene rings is 1. The summed E-state index contributed by atoms with van der Waals surface area (Å²) < 4.78 is 22.7. The molecule has 1 N–H and O–H groups in total. The van der Waals surface area contributed by atoms with Crippen LogP contribution in [0.4, 0.5) is 0 Å². The van der Waals surface area contributed by atoms with Crippen molar-refractivity contribution in [2.75, 3.05) is 25.1 Å². The first-order chi connectivity index (χ1) is 9.39. The van der Waals surface area contributed by atoms with Crippen LogP contribution in [-0.4, -0.2) is 33.5 Å². The highest BCUT2D eigenvalue weighted by Crippen LogP contribution is 2.19. The van der Waals surface area contributed by atoms with E-state index in [1.807, 2.05) is 12.1 Å². The van der Waals surface area contributed by atoms with Crippen molar-refractivity contribution < 1.29 is 8.42 Å². The summed E-state index contributed by atoms with van der Waals surface area (Å²) in [6.07, 6.45) is 3.73. The summed E-state index contributed by atoms with van der Waals surface area (Å²) in [7, 11) is -3.08. The number of sulfone groups is 1. The Labute approximate surface area is 127 Å². The van der Waals surface area contributed by atoms with Crippen molar-refractivity contribution in [3.8, 4) is 0 Å². The molecule has 0 unspecified atom stereocenters. The van der Waals surface area contributed by atoms with Crippen LogP contribution in [0.3, 0.4) is 0 Å². The molecule has 5 heteroatoms. The minimum Gasteiger partial charge on any atom is -0.316 e. The molecule has 0 spiro atoms. The zero-order chi connectivity index (χ0) is 15.0. The average molecular weight is 316 g/mol. The number of rotatable bonds is 9. The lowest BCUT2D eigenvalue weighted by molar-refractivity contribution is 0.534. The smallest absolute Gasteiger partial charge is 0.175 e. The average Bonchev–Trinajstić information content (AvgIpc) is 2.37. The van der Waals surface area contributed by atoms with Crippen molar-refractivity contribution in [1.29, 1.82) is 0 Å². The van der Waals surface area contributed by atoms with Crippen LogP contribution in [0.25, 0.3) is 0 Å². The largest absolute Gasteiger partial charge is 0.316 e. The summed E-state index contributed by atoms with van der Waals surface area (Å²) in [6.45, 7) is 6.55. The zero-order valence-electron chi connectivity index (χ0n) is 12.6. The van der Waals surface area contributed by atoms with Crippen molar-refractivity contribution in [2.45, 2.75) is 36.5 Å². The van der Waals surface area contributed by atoms with E-state index in [0.717, 1.165) is 29.7 Å². The van der Waals surface area contributed by atoms with Crippen LogP contribution in [0.2, 0.25) is 0 Å².